The molecule has 2 aliphatic rings. The molecular weight excluding hydrogens is 378 g/mol. The predicted octanol–water partition coefficient (Wildman–Crippen LogP) is 4.59. The second kappa shape index (κ2) is 7.26. The van der Waals surface area contributed by atoms with Crippen LogP contribution in [-0.2, 0) is 9.53 Å². The van der Waals surface area contributed by atoms with Crippen LogP contribution in [0.5, 0.6) is 0 Å². The summed E-state index contributed by atoms with van der Waals surface area (Å²) in [7, 11) is 0. The van der Waals surface area contributed by atoms with Crippen LogP contribution in [0.1, 0.15) is 40.0 Å². The first kappa shape index (κ1) is 19.9. The number of halogens is 3. The average molecular weight is 401 g/mol. The number of nitrogens with one attached hydrogen (secondary N) is 1. The molecule has 1 aromatic carbocycles. The molecule has 0 bridgehead atoms. The molecule has 2 fully saturated rings. The van der Waals surface area contributed by atoms with Crippen molar-refractivity contribution >= 4 is 29.3 Å². The van der Waals surface area contributed by atoms with E-state index in [0.717, 1.165) is 25.3 Å². The molecule has 1 saturated carbocycles. The van der Waals surface area contributed by atoms with Gasteiger partial charge in [-0.3, -0.25) is 9.69 Å². The van der Waals surface area contributed by atoms with Crippen molar-refractivity contribution in [2.24, 2.45) is 11.8 Å². The number of hydrogen-bond acceptors (Lipinski definition) is 3. The van der Waals surface area contributed by atoms with Gasteiger partial charge in [-0.05, 0) is 51.5 Å². The third kappa shape index (κ3) is 4.18. The lowest BCUT2D eigenvalue weighted by Crippen LogP contribution is -2.47. The van der Waals surface area contributed by atoms with Crippen LogP contribution in [0.15, 0.2) is 12.1 Å². The molecule has 1 aromatic rings. The van der Waals surface area contributed by atoms with E-state index in [9.17, 15) is 18.4 Å². The Morgan fingerprint density at radius 1 is 1.22 bits per heavy atom. The highest BCUT2D eigenvalue weighted by Gasteiger charge is 2.50. The number of amides is 2. The molecule has 1 saturated heterocycles. The zero-order valence-electron chi connectivity index (χ0n) is 15.5. The second-order valence-electron chi connectivity index (χ2n) is 8.17. The summed E-state index contributed by atoms with van der Waals surface area (Å²) in [5.74, 6) is -2.13. The number of carbonyl (C=O) groups is 2. The highest BCUT2D eigenvalue weighted by molar-refractivity contribution is 6.31. The largest absolute Gasteiger partial charge is 0.444 e. The molecule has 3 atom stereocenters. The van der Waals surface area contributed by atoms with E-state index in [2.05, 4.69) is 5.32 Å². The Hall–Kier alpha value is -1.89. The van der Waals surface area contributed by atoms with Gasteiger partial charge in [-0.15, -0.1) is 0 Å². The van der Waals surface area contributed by atoms with E-state index in [1.807, 2.05) is 0 Å². The van der Waals surface area contributed by atoms with Crippen molar-refractivity contribution in [1.29, 1.82) is 0 Å². The van der Waals surface area contributed by atoms with E-state index < -0.39 is 35.3 Å². The van der Waals surface area contributed by atoms with E-state index in [-0.39, 0.29) is 22.5 Å². The lowest BCUT2D eigenvalue weighted by Gasteiger charge is -2.29. The Labute approximate surface area is 162 Å². The molecule has 1 N–H and O–H groups in total. The second-order valence-corrected chi connectivity index (χ2v) is 8.57. The molecule has 5 nitrogen and oxygen atoms in total. The Morgan fingerprint density at radius 2 is 1.93 bits per heavy atom. The topological polar surface area (TPSA) is 58.6 Å². The van der Waals surface area contributed by atoms with Crippen LogP contribution < -0.4 is 5.32 Å². The zero-order chi connectivity index (χ0) is 19.9. The van der Waals surface area contributed by atoms with E-state index in [1.54, 1.807) is 20.8 Å². The number of hydrogen-bond donors (Lipinski definition) is 1. The number of rotatable bonds is 2. The Kier molecular flexibility index (Phi) is 5.34. The fourth-order valence-electron chi connectivity index (χ4n) is 3.97. The van der Waals surface area contributed by atoms with Gasteiger partial charge in [0.25, 0.3) is 0 Å². The van der Waals surface area contributed by atoms with Crippen molar-refractivity contribution in [3.63, 3.8) is 0 Å². The van der Waals surface area contributed by atoms with Crippen molar-refractivity contribution in [2.75, 3.05) is 11.9 Å². The van der Waals surface area contributed by atoms with Gasteiger partial charge in [-0.1, -0.05) is 18.0 Å². The molecule has 0 spiro atoms. The number of anilines is 1. The maximum atomic E-state index is 14.0. The summed E-state index contributed by atoms with van der Waals surface area (Å²) in [6.07, 6.45) is 2.17. The van der Waals surface area contributed by atoms with Crippen LogP contribution >= 0.6 is 11.6 Å². The fraction of sp³-hybridized carbons (Fsp3) is 0.579. The van der Waals surface area contributed by atoms with Gasteiger partial charge in [0.1, 0.15) is 23.3 Å². The van der Waals surface area contributed by atoms with Gasteiger partial charge in [0.15, 0.2) is 0 Å². The molecule has 27 heavy (non-hydrogen) atoms. The molecule has 8 heteroatoms. The molecule has 1 heterocycles. The van der Waals surface area contributed by atoms with Crippen molar-refractivity contribution in [2.45, 2.75) is 51.7 Å². The minimum absolute atomic E-state index is 0.00324. The third-order valence-corrected chi connectivity index (χ3v) is 5.34. The average Bonchev–Trinajstić information content (AvgIpc) is 3.11. The van der Waals surface area contributed by atoms with Crippen LogP contribution in [0.25, 0.3) is 0 Å². The Balaban J connectivity index is 1.83. The van der Waals surface area contributed by atoms with Crippen LogP contribution in [-0.4, -0.2) is 35.1 Å². The van der Waals surface area contributed by atoms with Crippen LogP contribution in [0, 0.1) is 23.5 Å². The highest BCUT2D eigenvalue weighted by atomic mass is 35.5. The van der Waals surface area contributed by atoms with Crippen LogP contribution in [0.3, 0.4) is 0 Å². The van der Waals surface area contributed by atoms with Crippen molar-refractivity contribution < 1.29 is 23.1 Å². The normalized spacial score (nSPS) is 24.7. The third-order valence-electron chi connectivity index (χ3n) is 5.05. The van der Waals surface area contributed by atoms with Gasteiger partial charge in [0.2, 0.25) is 5.91 Å². The lowest BCUT2D eigenvalue weighted by atomic mass is 9.93. The molecule has 3 rings (SSSR count). The Morgan fingerprint density at radius 3 is 2.59 bits per heavy atom. The SMILES string of the molecule is CC(C)(C)OC(=O)N1C[C@@H]2CCC[C@@H]2[C@H]1C(=O)Nc1cc(Cl)c(F)cc1F. The van der Waals surface area contributed by atoms with Crippen molar-refractivity contribution in [1.82, 2.24) is 4.90 Å². The maximum Gasteiger partial charge on any atom is 0.410 e. The summed E-state index contributed by atoms with van der Waals surface area (Å²) in [6, 6.07) is 0.898. The number of nitrogens with zero attached hydrogens (tertiary/aromatic N) is 1. The summed E-state index contributed by atoms with van der Waals surface area (Å²) in [4.78, 5) is 27.0. The lowest BCUT2D eigenvalue weighted by molar-refractivity contribution is -0.121. The molecule has 1 aliphatic heterocycles. The fourth-order valence-corrected chi connectivity index (χ4v) is 4.14. The van der Waals surface area contributed by atoms with Gasteiger partial charge in [0, 0.05) is 12.6 Å². The van der Waals surface area contributed by atoms with Crippen molar-refractivity contribution in [3.8, 4) is 0 Å². The predicted molar refractivity (Wildman–Crippen MR) is 97.6 cm³/mol. The zero-order valence-corrected chi connectivity index (χ0v) is 16.3. The molecule has 148 valence electrons. The van der Waals surface area contributed by atoms with Gasteiger partial charge >= 0.3 is 6.09 Å². The number of benzene rings is 1. The first-order valence-electron chi connectivity index (χ1n) is 9.02. The Bertz CT molecular complexity index is 766. The van der Waals surface area contributed by atoms with Gasteiger partial charge in [0.05, 0.1) is 10.7 Å². The molecule has 2 amide bonds. The van der Waals surface area contributed by atoms with Crippen LogP contribution in [0.2, 0.25) is 5.02 Å². The number of carbonyl (C=O) groups excluding carboxylic acids is 2. The standard InChI is InChI=1S/C19H23ClF2N2O3/c1-19(2,3)27-18(26)24-9-10-5-4-6-11(10)16(24)17(25)23-15-7-12(20)13(21)8-14(15)22/h7-8,10-11,16H,4-6,9H2,1-3H3,(H,23,25)/t10-,11-,16-/m0/s1. The van der Waals surface area contributed by atoms with Gasteiger partial charge < -0.3 is 10.1 Å². The van der Waals surface area contributed by atoms with Gasteiger partial charge in [-0.2, -0.15) is 0 Å². The van der Waals surface area contributed by atoms with E-state index in [1.165, 1.54) is 4.90 Å². The summed E-state index contributed by atoms with van der Waals surface area (Å²) in [6.45, 7) is 5.70. The molecule has 0 aromatic heterocycles. The van der Waals surface area contributed by atoms with Gasteiger partial charge in [-0.25, -0.2) is 13.6 Å². The summed E-state index contributed by atoms with van der Waals surface area (Å²) >= 11 is 5.69. The van der Waals surface area contributed by atoms with E-state index >= 15 is 0 Å². The maximum absolute atomic E-state index is 14.0. The van der Waals surface area contributed by atoms with Crippen molar-refractivity contribution in [3.05, 3.63) is 28.8 Å². The van der Waals surface area contributed by atoms with Crippen LogP contribution in [0.4, 0.5) is 19.3 Å². The smallest absolute Gasteiger partial charge is 0.410 e. The van der Waals surface area contributed by atoms with E-state index in [0.29, 0.717) is 12.6 Å². The number of likely N-dealkylation sites (tertiary alicyclic amines) is 1. The molecule has 1 aliphatic carbocycles. The minimum atomic E-state index is -0.921. The summed E-state index contributed by atoms with van der Waals surface area (Å²) in [5.41, 5.74) is -0.899. The monoisotopic (exact) mass is 400 g/mol. The highest BCUT2D eigenvalue weighted by Crippen LogP contribution is 2.43. The minimum Gasteiger partial charge on any atom is -0.444 e. The summed E-state index contributed by atoms with van der Waals surface area (Å²) < 4.78 is 32.8. The molecular formula is C19H23ClF2N2O3. The first-order valence-corrected chi connectivity index (χ1v) is 9.39. The number of fused-ring (bicyclic) bond motifs is 1. The molecule has 0 radical (unpaired) electrons. The van der Waals surface area contributed by atoms with E-state index in [4.69, 9.17) is 16.3 Å². The summed E-state index contributed by atoms with van der Waals surface area (Å²) in [5, 5.41) is 2.18. The number of ether oxygens (including phenoxy) is 1. The first-order chi connectivity index (χ1) is 12.6. The molecule has 0 unspecified atom stereocenters. The quantitative estimate of drug-likeness (QED) is 0.738.